The van der Waals surface area contributed by atoms with Crippen molar-refractivity contribution in [3.63, 3.8) is 0 Å². The first kappa shape index (κ1) is 48.2. The third-order valence-corrected chi connectivity index (χ3v) is 16.6. The molecule has 1 aromatic carbocycles. The Kier molecular flexibility index (Phi) is 13.4. The minimum Gasteiger partial charge on any atom is -0.497 e. The maximum atomic E-state index is 15.3. The van der Waals surface area contributed by atoms with E-state index in [4.69, 9.17) is 24.2 Å². The molecule has 354 valence electrons. The van der Waals surface area contributed by atoms with Gasteiger partial charge in [0.2, 0.25) is 27.7 Å². The van der Waals surface area contributed by atoms with Crippen LogP contribution in [0.15, 0.2) is 41.9 Å². The van der Waals surface area contributed by atoms with Crippen LogP contribution >= 0.6 is 11.3 Å². The largest absolute Gasteiger partial charge is 0.497 e. The minimum absolute atomic E-state index is 0.0161. The SMILES string of the molecule is CC[C@@H]1CC/C=C\[C@H]2C[C@@]2(C(=O)NS(=O)(=O)C2(C)CC2)NC(=O)[C@@H]2C[C@@H](Oc3ncc(-c4nc(C(C)(C)C)cs4)c4cc(OC)ccc34)CN2C(=O)[C@@H](NC(=O)OC(C)(C)C)[C@H](CC)C1. The van der Waals surface area contributed by atoms with Gasteiger partial charge in [0.05, 0.1) is 24.1 Å². The molecule has 15 nitrogen and oxygen atoms in total. The predicted molar refractivity (Wildman–Crippen MR) is 250 cm³/mol. The molecule has 2 aliphatic carbocycles. The van der Waals surface area contributed by atoms with Gasteiger partial charge in [0.1, 0.15) is 40.1 Å². The first-order valence-electron chi connectivity index (χ1n) is 23.0. The summed E-state index contributed by atoms with van der Waals surface area (Å²) in [4.78, 5) is 69.0. The van der Waals surface area contributed by atoms with Crippen LogP contribution in [-0.2, 0) is 34.6 Å². The van der Waals surface area contributed by atoms with E-state index >= 15 is 4.79 Å². The number of fused-ring (bicyclic) bond motifs is 3. The molecule has 3 N–H and O–H groups in total. The highest BCUT2D eigenvalue weighted by Crippen LogP contribution is 2.48. The summed E-state index contributed by atoms with van der Waals surface area (Å²) in [6, 6.07) is 3.36. The van der Waals surface area contributed by atoms with E-state index in [-0.39, 0.29) is 42.5 Å². The smallest absolute Gasteiger partial charge is 0.408 e. The molecule has 0 radical (unpaired) electrons. The number of carbonyl (C=O) groups excluding carboxylic acids is 4. The van der Waals surface area contributed by atoms with Crippen LogP contribution in [0.1, 0.15) is 126 Å². The van der Waals surface area contributed by atoms with Crippen molar-refractivity contribution >= 4 is 55.9 Å². The summed E-state index contributed by atoms with van der Waals surface area (Å²) in [5, 5.41) is 10.2. The molecular formula is C48H66N6O9S2. The van der Waals surface area contributed by atoms with Crippen LogP contribution in [0.25, 0.3) is 21.3 Å². The number of methoxy groups -OCH3 is 1. The lowest BCUT2D eigenvalue weighted by Crippen LogP contribution is -2.59. The number of aromatic nitrogens is 2. The molecule has 1 saturated heterocycles. The fourth-order valence-electron chi connectivity index (χ4n) is 8.97. The zero-order chi connectivity index (χ0) is 47.3. The molecular weight excluding hydrogens is 869 g/mol. The zero-order valence-electron chi connectivity index (χ0n) is 39.4. The molecule has 4 heterocycles. The number of thiazole rings is 1. The summed E-state index contributed by atoms with van der Waals surface area (Å²) in [6.07, 6.45) is 8.65. The molecule has 4 amide bonds. The molecule has 0 spiro atoms. The summed E-state index contributed by atoms with van der Waals surface area (Å²) < 4.78 is 46.0. The van der Waals surface area contributed by atoms with Crippen molar-refractivity contribution in [2.24, 2.45) is 17.8 Å². The Morgan fingerprint density at radius 2 is 1.78 bits per heavy atom. The number of rotatable bonds is 10. The van der Waals surface area contributed by atoms with Gasteiger partial charge in [0.25, 0.3) is 5.91 Å². The van der Waals surface area contributed by atoms with Gasteiger partial charge < -0.3 is 29.7 Å². The van der Waals surface area contributed by atoms with Gasteiger partial charge in [-0.3, -0.25) is 19.1 Å². The van der Waals surface area contributed by atoms with Crippen molar-refractivity contribution in [1.82, 2.24) is 30.2 Å². The molecule has 17 heteroatoms. The summed E-state index contributed by atoms with van der Waals surface area (Å²) in [6.45, 7) is 17.2. The number of hydrogen-bond donors (Lipinski definition) is 3. The summed E-state index contributed by atoms with van der Waals surface area (Å²) in [7, 11) is -2.43. The number of nitrogens with one attached hydrogen (secondary N) is 3. The minimum atomic E-state index is -4.03. The first-order valence-corrected chi connectivity index (χ1v) is 25.3. The summed E-state index contributed by atoms with van der Waals surface area (Å²) in [5.74, 6) is -1.60. The molecule has 3 aromatic rings. The Morgan fingerprint density at radius 1 is 1.05 bits per heavy atom. The van der Waals surface area contributed by atoms with Crippen LogP contribution in [-0.4, -0.2) is 94.8 Å². The number of nitrogens with zero attached hydrogens (tertiary/aromatic N) is 3. The van der Waals surface area contributed by atoms with Crippen molar-refractivity contribution in [2.45, 2.75) is 160 Å². The molecule has 7 rings (SSSR count). The Hall–Kier alpha value is -4.77. The van der Waals surface area contributed by atoms with Gasteiger partial charge >= 0.3 is 6.09 Å². The molecule has 2 aromatic heterocycles. The maximum Gasteiger partial charge on any atom is 0.408 e. The van der Waals surface area contributed by atoms with Gasteiger partial charge in [-0.15, -0.1) is 11.3 Å². The third kappa shape index (κ3) is 10.3. The van der Waals surface area contributed by atoms with E-state index in [9.17, 15) is 22.8 Å². The highest BCUT2D eigenvalue weighted by molar-refractivity contribution is 7.91. The van der Waals surface area contributed by atoms with E-state index in [2.05, 4.69) is 43.1 Å². The predicted octanol–water partition coefficient (Wildman–Crippen LogP) is 7.57. The van der Waals surface area contributed by atoms with E-state index in [1.165, 1.54) is 16.2 Å². The molecule has 2 aliphatic heterocycles. The van der Waals surface area contributed by atoms with Crippen LogP contribution in [0.2, 0.25) is 0 Å². The number of sulfonamides is 1. The highest BCUT2D eigenvalue weighted by Gasteiger charge is 2.63. The molecule has 0 unspecified atom stereocenters. The number of alkyl carbamates (subject to hydrolysis) is 1. The number of pyridine rings is 1. The highest BCUT2D eigenvalue weighted by atomic mass is 32.2. The average Bonchev–Trinajstić information content (AvgIpc) is 4.01. The van der Waals surface area contributed by atoms with Crippen molar-refractivity contribution < 1.29 is 41.8 Å². The Bertz CT molecular complexity index is 2450. The van der Waals surface area contributed by atoms with Crippen LogP contribution in [0.3, 0.4) is 0 Å². The average molecular weight is 935 g/mol. The monoisotopic (exact) mass is 934 g/mol. The van der Waals surface area contributed by atoms with Crippen molar-refractivity contribution in [3.8, 4) is 22.2 Å². The number of hydrogen-bond acceptors (Lipinski definition) is 12. The summed E-state index contributed by atoms with van der Waals surface area (Å²) >= 11 is 1.52. The van der Waals surface area contributed by atoms with Gasteiger partial charge in [-0.25, -0.2) is 23.2 Å². The number of amides is 4. The quantitative estimate of drug-likeness (QED) is 0.170. The van der Waals surface area contributed by atoms with Crippen molar-refractivity contribution in [3.05, 3.63) is 47.6 Å². The van der Waals surface area contributed by atoms with E-state index in [1.807, 2.05) is 42.7 Å². The first-order chi connectivity index (χ1) is 30.5. The number of ether oxygens (including phenoxy) is 3. The van der Waals surface area contributed by atoms with E-state index in [0.717, 1.165) is 34.5 Å². The van der Waals surface area contributed by atoms with Gasteiger partial charge in [0.15, 0.2) is 0 Å². The number of carbonyl (C=O) groups is 4. The lowest BCUT2D eigenvalue weighted by Gasteiger charge is -2.34. The molecule has 0 bridgehead atoms. The fourth-order valence-corrected chi connectivity index (χ4v) is 11.4. The molecule has 2 saturated carbocycles. The summed E-state index contributed by atoms with van der Waals surface area (Å²) in [5.41, 5.74) is -0.813. The van der Waals surface area contributed by atoms with Gasteiger partial charge in [0, 0.05) is 45.7 Å². The van der Waals surface area contributed by atoms with Gasteiger partial charge in [-0.2, -0.15) is 0 Å². The third-order valence-electron chi connectivity index (χ3n) is 13.5. The second-order valence-electron chi connectivity index (χ2n) is 20.6. The Balaban J connectivity index is 1.27. The van der Waals surface area contributed by atoms with Crippen LogP contribution in [0.4, 0.5) is 4.79 Å². The van der Waals surface area contributed by atoms with Crippen LogP contribution < -0.4 is 24.8 Å². The Labute approximate surface area is 387 Å². The van der Waals surface area contributed by atoms with Crippen LogP contribution in [0.5, 0.6) is 11.6 Å². The zero-order valence-corrected chi connectivity index (χ0v) is 41.0. The van der Waals surface area contributed by atoms with Gasteiger partial charge in [-0.1, -0.05) is 59.6 Å². The van der Waals surface area contributed by atoms with Crippen molar-refractivity contribution in [1.29, 1.82) is 0 Å². The number of allylic oxidation sites excluding steroid dienone is 1. The molecule has 3 fully saturated rings. The normalized spacial score (nSPS) is 27.6. The van der Waals surface area contributed by atoms with Gasteiger partial charge in [-0.05, 0) is 96.3 Å². The topological polar surface area (TPSA) is 195 Å². The second kappa shape index (κ2) is 18.1. The fraction of sp³-hybridized carbons (Fsp3) is 0.625. The van der Waals surface area contributed by atoms with E-state index < -0.39 is 73.8 Å². The van der Waals surface area contributed by atoms with Crippen molar-refractivity contribution in [2.75, 3.05) is 13.7 Å². The standard InChI is InChI=1S/C48H66N6O9S2/c1-11-28-15-13-14-16-30-24-48(30,43(57)53-65(59,60)47(9)19-20-47)52-39(55)36-23-32(26-54(36)42(56)38(29(12-2)21-28)51-44(58)63-46(6,7)8)62-40-33-18-17-31(61-10)22-34(33)35(25-49-40)41-50-37(27-64-41)45(3,4)5/h14,16-18,22,25,27-30,32,36,38H,11-13,15,19-21,23-24,26H2,1-10H3,(H,51,58)(H,52,55)(H,53,57)/b16-14-/t28-,29-,30+,32-,36+,38+,48-/m1/s1. The lowest BCUT2D eigenvalue weighted by molar-refractivity contribution is -0.142. The van der Waals surface area contributed by atoms with Crippen LogP contribution in [0, 0.1) is 17.8 Å². The van der Waals surface area contributed by atoms with E-state index in [0.29, 0.717) is 43.2 Å². The molecule has 4 aliphatic rings. The number of benzene rings is 1. The Morgan fingerprint density at radius 3 is 2.42 bits per heavy atom. The second-order valence-corrected chi connectivity index (χ2v) is 23.7. The maximum absolute atomic E-state index is 15.3. The van der Waals surface area contributed by atoms with E-state index in [1.54, 1.807) is 41.0 Å². The molecule has 7 atom stereocenters. The molecule has 65 heavy (non-hydrogen) atoms. The lowest BCUT2D eigenvalue weighted by atomic mass is 9.83.